The van der Waals surface area contributed by atoms with Crippen LogP contribution in [0.2, 0.25) is 5.02 Å². The van der Waals surface area contributed by atoms with Crippen LogP contribution in [0.25, 0.3) is 5.69 Å². The lowest BCUT2D eigenvalue weighted by Gasteiger charge is -2.28. The standard InChI is InChI=1S/C33H39ClF3N4O3S2/c1-33(2,22-9-14-27(34)30(17-22)44-6)31-20-38-32(40(31)24-12-10-23(35)11-13-24)45-21-26-28(36)18-25(19-29(26)37)46(42,43)39-15-7-8-16-41(3,4)5/h9-14,17-20,39H,7-8,15-16,21H2,1-6H3/q+1. The molecule has 7 nitrogen and oxygen atoms in total. The molecule has 3 aromatic carbocycles. The molecule has 1 heterocycles. The summed E-state index contributed by atoms with van der Waals surface area (Å²) < 4.78 is 80.4. The quantitative estimate of drug-likeness (QED) is 0.0850. The lowest BCUT2D eigenvalue weighted by molar-refractivity contribution is -0.870. The molecule has 0 fully saturated rings. The van der Waals surface area contributed by atoms with E-state index < -0.39 is 37.8 Å². The first-order valence-corrected chi connectivity index (χ1v) is 17.5. The monoisotopic (exact) mass is 695 g/mol. The summed E-state index contributed by atoms with van der Waals surface area (Å²) >= 11 is 7.34. The number of quaternary nitrogens is 1. The van der Waals surface area contributed by atoms with Gasteiger partial charge in [0.25, 0.3) is 0 Å². The number of imidazole rings is 1. The van der Waals surface area contributed by atoms with Gasteiger partial charge in [-0.2, -0.15) is 0 Å². The second-order valence-electron chi connectivity index (χ2n) is 12.5. The number of aromatic nitrogens is 2. The maximum Gasteiger partial charge on any atom is 0.240 e. The molecular formula is C33H39ClF3N4O3S2+. The van der Waals surface area contributed by atoms with Gasteiger partial charge in [-0.25, -0.2) is 31.3 Å². The Hall–Kier alpha value is -3.03. The van der Waals surface area contributed by atoms with E-state index in [0.717, 1.165) is 52.6 Å². The van der Waals surface area contributed by atoms with E-state index in [1.807, 2.05) is 51.7 Å². The van der Waals surface area contributed by atoms with E-state index in [9.17, 15) is 12.8 Å². The fourth-order valence-corrected chi connectivity index (χ4v) is 7.23. The number of methoxy groups -OCH3 is 1. The largest absolute Gasteiger partial charge is 0.495 e. The zero-order valence-electron chi connectivity index (χ0n) is 26.7. The molecule has 248 valence electrons. The van der Waals surface area contributed by atoms with Gasteiger partial charge >= 0.3 is 0 Å². The molecule has 0 aliphatic rings. The van der Waals surface area contributed by atoms with E-state index in [-0.39, 0.29) is 17.9 Å². The van der Waals surface area contributed by atoms with E-state index in [0.29, 0.717) is 28.0 Å². The second-order valence-corrected chi connectivity index (χ2v) is 15.6. The summed E-state index contributed by atoms with van der Waals surface area (Å²) in [5, 5.41) is 0.862. The Morgan fingerprint density at radius 2 is 1.65 bits per heavy atom. The number of ether oxygens (including phenoxy) is 1. The predicted molar refractivity (Wildman–Crippen MR) is 177 cm³/mol. The summed E-state index contributed by atoms with van der Waals surface area (Å²) in [4.78, 5) is 4.11. The number of unbranched alkanes of at least 4 members (excludes halogenated alkanes) is 1. The molecule has 0 unspecified atom stereocenters. The number of sulfonamides is 1. The smallest absolute Gasteiger partial charge is 0.240 e. The third kappa shape index (κ3) is 8.46. The fourth-order valence-electron chi connectivity index (χ4n) is 4.92. The molecular weight excluding hydrogens is 657 g/mol. The van der Waals surface area contributed by atoms with Gasteiger partial charge in [0.1, 0.15) is 23.2 Å². The van der Waals surface area contributed by atoms with Crippen LogP contribution in [0.15, 0.2) is 70.8 Å². The third-order valence-corrected chi connectivity index (χ3v) is 10.4. The van der Waals surface area contributed by atoms with Crippen molar-refractivity contribution in [3.63, 3.8) is 0 Å². The Balaban J connectivity index is 1.60. The Kier molecular flexibility index (Phi) is 11.2. The third-order valence-electron chi connectivity index (χ3n) is 7.65. The number of hydrogen-bond donors (Lipinski definition) is 1. The number of hydrogen-bond acceptors (Lipinski definition) is 5. The van der Waals surface area contributed by atoms with E-state index in [1.165, 1.54) is 19.2 Å². The topological polar surface area (TPSA) is 73.2 Å². The molecule has 0 bridgehead atoms. The minimum Gasteiger partial charge on any atom is -0.495 e. The maximum atomic E-state index is 15.3. The molecule has 0 atom stereocenters. The summed E-state index contributed by atoms with van der Waals surface area (Å²) in [7, 11) is 3.56. The first-order valence-electron chi connectivity index (χ1n) is 14.6. The average Bonchev–Trinajstić information content (AvgIpc) is 3.41. The number of benzene rings is 3. The number of halogens is 4. The number of thioether (sulfide) groups is 1. The van der Waals surface area contributed by atoms with Crippen molar-refractivity contribution in [1.82, 2.24) is 14.3 Å². The maximum absolute atomic E-state index is 15.3. The van der Waals surface area contributed by atoms with Crippen LogP contribution < -0.4 is 9.46 Å². The van der Waals surface area contributed by atoms with Crippen LogP contribution in [0.5, 0.6) is 5.75 Å². The first kappa shape index (κ1) is 35.8. The van der Waals surface area contributed by atoms with Crippen LogP contribution in [0, 0.1) is 17.5 Å². The summed E-state index contributed by atoms with van der Waals surface area (Å²) in [6.45, 7) is 5.00. The Bertz CT molecular complexity index is 1770. The number of rotatable bonds is 14. The van der Waals surface area contributed by atoms with Gasteiger partial charge in [0, 0.05) is 29.0 Å². The summed E-state index contributed by atoms with van der Waals surface area (Å²) in [6, 6.07) is 13.0. The molecule has 0 saturated carbocycles. The molecule has 0 spiro atoms. The molecule has 0 amide bonds. The molecule has 46 heavy (non-hydrogen) atoms. The predicted octanol–water partition coefficient (Wildman–Crippen LogP) is 7.33. The van der Waals surface area contributed by atoms with Crippen LogP contribution in [-0.2, 0) is 21.2 Å². The van der Waals surface area contributed by atoms with E-state index >= 15 is 8.78 Å². The van der Waals surface area contributed by atoms with E-state index in [4.69, 9.17) is 16.3 Å². The van der Waals surface area contributed by atoms with Gasteiger partial charge in [0.2, 0.25) is 10.0 Å². The minimum absolute atomic E-state index is 0.163. The molecule has 0 radical (unpaired) electrons. The van der Waals surface area contributed by atoms with Crippen LogP contribution in [-0.4, -0.2) is 63.8 Å². The van der Waals surface area contributed by atoms with Crippen LogP contribution in [0.3, 0.4) is 0 Å². The number of nitrogens with zero attached hydrogens (tertiary/aromatic N) is 3. The molecule has 0 aliphatic heterocycles. The fraction of sp³-hybridized carbons (Fsp3) is 0.364. The molecule has 13 heteroatoms. The lowest BCUT2D eigenvalue weighted by atomic mass is 9.81. The zero-order valence-corrected chi connectivity index (χ0v) is 29.1. The Morgan fingerprint density at radius 3 is 2.26 bits per heavy atom. The van der Waals surface area contributed by atoms with Gasteiger partial charge in [-0.1, -0.05) is 43.3 Å². The lowest BCUT2D eigenvalue weighted by Crippen LogP contribution is -2.35. The van der Waals surface area contributed by atoms with Gasteiger partial charge in [-0.05, 0) is 66.9 Å². The highest BCUT2D eigenvalue weighted by Crippen LogP contribution is 2.39. The molecule has 4 aromatic rings. The van der Waals surface area contributed by atoms with Crippen molar-refractivity contribution >= 4 is 33.4 Å². The average molecular weight is 696 g/mol. The highest BCUT2D eigenvalue weighted by atomic mass is 35.5. The van der Waals surface area contributed by atoms with Crippen molar-refractivity contribution in [2.24, 2.45) is 0 Å². The molecule has 0 aliphatic carbocycles. The van der Waals surface area contributed by atoms with E-state index in [2.05, 4.69) is 9.71 Å². The molecule has 1 N–H and O–H groups in total. The highest BCUT2D eigenvalue weighted by Gasteiger charge is 2.31. The SMILES string of the molecule is COc1cc(C(C)(C)c2cnc(SCc3c(F)cc(S(=O)(=O)NCCCC[N+](C)(C)C)cc3F)n2-c2ccc(F)cc2)ccc1Cl. The summed E-state index contributed by atoms with van der Waals surface area (Å²) in [5.74, 6) is -2.05. The summed E-state index contributed by atoms with van der Waals surface area (Å²) in [5.41, 5.74) is 1.23. The normalized spacial score (nSPS) is 12.5. The zero-order chi connectivity index (χ0) is 33.9. The van der Waals surface area contributed by atoms with Crippen molar-refractivity contribution in [3.05, 3.63) is 100 Å². The van der Waals surface area contributed by atoms with Crippen molar-refractivity contribution in [3.8, 4) is 11.4 Å². The highest BCUT2D eigenvalue weighted by molar-refractivity contribution is 7.98. The van der Waals surface area contributed by atoms with Crippen molar-refractivity contribution in [1.29, 1.82) is 0 Å². The molecule has 1 aromatic heterocycles. The Morgan fingerprint density at radius 1 is 1.00 bits per heavy atom. The second kappa shape index (κ2) is 14.4. The van der Waals surface area contributed by atoms with Gasteiger partial charge in [-0.15, -0.1) is 0 Å². The van der Waals surface area contributed by atoms with Crippen LogP contribution in [0.4, 0.5) is 13.2 Å². The van der Waals surface area contributed by atoms with E-state index in [1.54, 1.807) is 24.4 Å². The van der Waals surface area contributed by atoms with Crippen molar-refractivity contribution in [2.45, 2.75) is 47.9 Å². The van der Waals surface area contributed by atoms with Crippen molar-refractivity contribution < 1.29 is 30.8 Å². The minimum atomic E-state index is -4.10. The van der Waals surface area contributed by atoms with Gasteiger partial charge in [0.05, 0.1) is 56.6 Å². The first-order chi connectivity index (χ1) is 21.5. The van der Waals surface area contributed by atoms with Crippen molar-refractivity contribution in [2.75, 3.05) is 41.3 Å². The number of nitrogens with one attached hydrogen (secondary N) is 1. The van der Waals surface area contributed by atoms with Gasteiger partial charge < -0.3 is 9.22 Å². The van der Waals surface area contributed by atoms with Crippen LogP contribution >= 0.6 is 23.4 Å². The van der Waals surface area contributed by atoms with Gasteiger partial charge in [-0.3, -0.25) is 4.57 Å². The molecule has 0 saturated heterocycles. The summed E-state index contributed by atoms with van der Waals surface area (Å²) in [6.07, 6.45) is 3.06. The van der Waals surface area contributed by atoms with Crippen LogP contribution in [0.1, 0.15) is 43.5 Å². The Labute approximate surface area is 278 Å². The molecule has 4 rings (SSSR count). The van der Waals surface area contributed by atoms with Gasteiger partial charge in [0.15, 0.2) is 5.16 Å².